The van der Waals surface area contributed by atoms with Crippen LogP contribution in [-0.2, 0) is 6.42 Å². The molecule has 0 aliphatic carbocycles. The Bertz CT molecular complexity index is 355. The van der Waals surface area contributed by atoms with E-state index in [0.717, 1.165) is 13.1 Å². The first kappa shape index (κ1) is 15.4. The summed E-state index contributed by atoms with van der Waals surface area (Å²) >= 11 is 0. The lowest BCUT2D eigenvalue weighted by Gasteiger charge is -2.33. The van der Waals surface area contributed by atoms with E-state index in [2.05, 4.69) is 4.90 Å². The Morgan fingerprint density at radius 2 is 1.83 bits per heavy atom. The summed E-state index contributed by atoms with van der Waals surface area (Å²) in [5.74, 6) is -0.164. The topological polar surface area (TPSA) is 23.5 Å². The van der Waals surface area contributed by atoms with Crippen LogP contribution in [0, 0.1) is 5.82 Å². The largest absolute Gasteiger partial charge is 0.395 e. The molecule has 1 atom stereocenters. The number of aliphatic hydroxyl groups is 1. The fraction of sp³-hybridized carbons (Fsp3) is 0.571. The molecule has 1 aromatic rings. The zero-order chi connectivity index (χ0) is 12.1. The van der Waals surface area contributed by atoms with Crippen LogP contribution in [0.3, 0.4) is 0 Å². The normalized spacial score (nSPS) is 18.1. The lowest BCUT2D eigenvalue weighted by Crippen LogP contribution is -2.42. The molecule has 2 rings (SSSR count). The number of piperidine rings is 1. The Morgan fingerprint density at radius 3 is 2.44 bits per heavy atom. The number of aliphatic hydroxyl groups excluding tert-OH is 1. The van der Waals surface area contributed by atoms with Crippen LogP contribution in [0.5, 0.6) is 0 Å². The molecule has 1 unspecified atom stereocenters. The minimum Gasteiger partial charge on any atom is -0.395 e. The molecular formula is C14H21ClFNO. The summed E-state index contributed by atoms with van der Waals surface area (Å²) in [4.78, 5) is 2.29. The first-order valence-corrected chi connectivity index (χ1v) is 6.39. The predicted molar refractivity (Wildman–Crippen MR) is 73.6 cm³/mol. The molecule has 18 heavy (non-hydrogen) atoms. The van der Waals surface area contributed by atoms with Gasteiger partial charge in [0.25, 0.3) is 0 Å². The minimum atomic E-state index is -0.164. The Balaban J connectivity index is 0.00000162. The zero-order valence-corrected chi connectivity index (χ0v) is 11.3. The van der Waals surface area contributed by atoms with Crippen LogP contribution >= 0.6 is 12.4 Å². The van der Waals surface area contributed by atoms with Crippen molar-refractivity contribution in [2.24, 2.45) is 0 Å². The molecule has 0 bridgehead atoms. The summed E-state index contributed by atoms with van der Waals surface area (Å²) in [6, 6.07) is 6.91. The first-order chi connectivity index (χ1) is 8.31. The average molecular weight is 274 g/mol. The molecule has 0 radical (unpaired) electrons. The highest BCUT2D eigenvalue weighted by Crippen LogP contribution is 2.17. The van der Waals surface area contributed by atoms with E-state index in [1.54, 1.807) is 6.07 Å². The van der Waals surface area contributed by atoms with E-state index in [1.165, 1.54) is 25.3 Å². The number of likely N-dealkylation sites (tertiary alicyclic amines) is 1. The number of benzene rings is 1. The summed E-state index contributed by atoms with van der Waals surface area (Å²) in [6.45, 7) is 2.16. The lowest BCUT2D eigenvalue weighted by molar-refractivity contribution is 0.103. The molecule has 0 aromatic heterocycles. The second-order valence-corrected chi connectivity index (χ2v) is 4.73. The van der Waals surface area contributed by atoms with E-state index >= 15 is 0 Å². The van der Waals surface area contributed by atoms with E-state index in [0.29, 0.717) is 12.0 Å². The smallest absolute Gasteiger partial charge is 0.126 e. The number of nitrogens with zero attached hydrogens (tertiary/aromatic N) is 1. The molecule has 1 heterocycles. The van der Waals surface area contributed by atoms with Crippen molar-refractivity contribution in [3.05, 3.63) is 35.6 Å². The third-order valence-electron chi connectivity index (χ3n) is 3.53. The zero-order valence-electron chi connectivity index (χ0n) is 10.5. The van der Waals surface area contributed by atoms with Crippen LogP contribution in [0.2, 0.25) is 0 Å². The van der Waals surface area contributed by atoms with Crippen molar-refractivity contribution in [2.75, 3.05) is 19.7 Å². The van der Waals surface area contributed by atoms with Gasteiger partial charge in [-0.1, -0.05) is 24.6 Å². The summed E-state index contributed by atoms with van der Waals surface area (Å²) in [7, 11) is 0. The van der Waals surface area contributed by atoms with Crippen molar-refractivity contribution >= 4 is 12.4 Å². The van der Waals surface area contributed by atoms with Crippen LogP contribution in [0.4, 0.5) is 4.39 Å². The van der Waals surface area contributed by atoms with E-state index in [4.69, 9.17) is 0 Å². The predicted octanol–water partition coefficient (Wildman–Crippen LogP) is 2.64. The molecule has 1 N–H and O–H groups in total. The Kier molecular flexibility index (Phi) is 6.61. The van der Waals surface area contributed by atoms with Gasteiger partial charge in [-0.25, -0.2) is 4.39 Å². The number of rotatable bonds is 4. The van der Waals surface area contributed by atoms with Gasteiger partial charge in [0, 0.05) is 6.04 Å². The quantitative estimate of drug-likeness (QED) is 0.912. The molecule has 0 amide bonds. The van der Waals surface area contributed by atoms with E-state index in [-0.39, 0.29) is 30.9 Å². The first-order valence-electron chi connectivity index (χ1n) is 6.39. The third-order valence-corrected chi connectivity index (χ3v) is 3.53. The molecule has 0 saturated carbocycles. The maximum absolute atomic E-state index is 13.6. The fourth-order valence-corrected chi connectivity index (χ4v) is 2.51. The molecule has 1 aromatic carbocycles. The van der Waals surface area contributed by atoms with E-state index in [9.17, 15) is 9.50 Å². The van der Waals surface area contributed by atoms with Gasteiger partial charge in [-0.05, 0) is 44.0 Å². The summed E-state index contributed by atoms with van der Waals surface area (Å²) in [5.41, 5.74) is 0.706. The van der Waals surface area contributed by atoms with Crippen molar-refractivity contribution < 1.29 is 9.50 Å². The van der Waals surface area contributed by atoms with Crippen molar-refractivity contribution in [1.82, 2.24) is 4.90 Å². The summed E-state index contributed by atoms with van der Waals surface area (Å²) in [5, 5.41) is 9.47. The highest BCUT2D eigenvalue weighted by molar-refractivity contribution is 5.85. The van der Waals surface area contributed by atoms with Gasteiger partial charge in [0.1, 0.15) is 5.82 Å². The van der Waals surface area contributed by atoms with Gasteiger partial charge in [0.15, 0.2) is 0 Å². The van der Waals surface area contributed by atoms with Crippen LogP contribution in [-0.4, -0.2) is 35.7 Å². The molecule has 1 fully saturated rings. The molecule has 102 valence electrons. The Labute approximate surface area is 114 Å². The minimum absolute atomic E-state index is 0. The number of halogens is 2. The molecule has 1 saturated heterocycles. The van der Waals surface area contributed by atoms with Crippen molar-refractivity contribution in [3.8, 4) is 0 Å². The molecule has 0 spiro atoms. The lowest BCUT2D eigenvalue weighted by atomic mass is 10.0. The molecule has 2 nitrogen and oxygen atoms in total. The maximum Gasteiger partial charge on any atom is 0.126 e. The van der Waals surface area contributed by atoms with Gasteiger partial charge in [-0.3, -0.25) is 4.90 Å². The van der Waals surface area contributed by atoms with Gasteiger partial charge >= 0.3 is 0 Å². The van der Waals surface area contributed by atoms with Gasteiger partial charge in [0.05, 0.1) is 6.61 Å². The van der Waals surface area contributed by atoms with Crippen molar-refractivity contribution in [3.63, 3.8) is 0 Å². The molecule has 4 heteroatoms. The summed E-state index contributed by atoms with van der Waals surface area (Å²) < 4.78 is 13.6. The highest BCUT2D eigenvalue weighted by atomic mass is 35.5. The van der Waals surface area contributed by atoms with Gasteiger partial charge < -0.3 is 5.11 Å². The SMILES string of the molecule is Cl.OCC(Cc1ccccc1F)N1CCCCC1. The van der Waals surface area contributed by atoms with Gasteiger partial charge in [-0.15, -0.1) is 12.4 Å². The monoisotopic (exact) mass is 273 g/mol. The van der Waals surface area contributed by atoms with E-state index < -0.39 is 0 Å². The molecule has 1 aliphatic heterocycles. The fourth-order valence-electron chi connectivity index (χ4n) is 2.51. The number of hydrogen-bond donors (Lipinski definition) is 1. The van der Waals surface area contributed by atoms with Crippen LogP contribution in [0.1, 0.15) is 24.8 Å². The van der Waals surface area contributed by atoms with Crippen molar-refractivity contribution in [1.29, 1.82) is 0 Å². The Morgan fingerprint density at radius 1 is 1.17 bits per heavy atom. The number of hydrogen-bond acceptors (Lipinski definition) is 2. The Hall–Kier alpha value is -0.640. The standard InChI is InChI=1S/C14H20FNO.ClH/c15-14-7-3-2-6-12(14)10-13(11-17)16-8-4-1-5-9-16;/h2-3,6-7,13,17H,1,4-5,8-11H2;1H. The molecular weight excluding hydrogens is 253 g/mol. The van der Waals surface area contributed by atoms with Crippen LogP contribution in [0.15, 0.2) is 24.3 Å². The highest BCUT2D eigenvalue weighted by Gasteiger charge is 2.21. The van der Waals surface area contributed by atoms with Crippen LogP contribution < -0.4 is 0 Å². The van der Waals surface area contributed by atoms with Gasteiger partial charge in [0.2, 0.25) is 0 Å². The molecule has 1 aliphatic rings. The maximum atomic E-state index is 13.6. The second kappa shape index (κ2) is 7.72. The summed E-state index contributed by atoms with van der Waals surface area (Å²) in [6.07, 6.45) is 4.25. The van der Waals surface area contributed by atoms with Crippen molar-refractivity contribution in [2.45, 2.75) is 31.7 Å². The van der Waals surface area contributed by atoms with E-state index in [1.807, 2.05) is 12.1 Å². The average Bonchev–Trinajstić information content (AvgIpc) is 2.39. The third kappa shape index (κ3) is 3.94. The van der Waals surface area contributed by atoms with Crippen LogP contribution in [0.25, 0.3) is 0 Å². The second-order valence-electron chi connectivity index (χ2n) is 4.73. The van der Waals surface area contributed by atoms with Gasteiger partial charge in [-0.2, -0.15) is 0 Å².